The lowest BCUT2D eigenvalue weighted by Gasteiger charge is -2.14. The Kier molecular flexibility index (Phi) is 2.75. The van der Waals surface area contributed by atoms with Crippen molar-refractivity contribution in [1.82, 2.24) is 4.98 Å². The number of nitriles is 1. The van der Waals surface area contributed by atoms with Crippen molar-refractivity contribution >= 4 is 16.6 Å². The Morgan fingerprint density at radius 2 is 2.21 bits per heavy atom. The normalized spacial score (nSPS) is 15.9. The van der Waals surface area contributed by atoms with Gasteiger partial charge < -0.3 is 10.5 Å². The molecule has 1 saturated carbocycles. The first-order chi connectivity index (χ1) is 9.24. The quantitative estimate of drug-likeness (QED) is 0.850. The van der Waals surface area contributed by atoms with Crippen LogP contribution in [0.25, 0.3) is 10.9 Å². The van der Waals surface area contributed by atoms with Gasteiger partial charge in [-0.1, -0.05) is 0 Å². The second kappa shape index (κ2) is 4.43. The van der Waals surface area contributed by atoms with Gasteiger partial charge in [-0.2, -0.15) is 5.26 Å². The van der Waals surface area contributed by atoms with Gasteiger partial charge in [0.2, 0.25) is 0 Å². The number of benzene rings is 1. The molecule has 0 saturated heterocycles. The molecular formula is C15H15N3O. The molecule has 0 bridgehead atoms. The predicted octanol–water partition coefficient (Wildman–Crippen LogP) is 2.89. The van der Waals surface area contributed by atoms with Crippen LogP contribution in [0.5, 0.6) is 5.75 Å². The molecule has 0 spiro atoms. The number of rotatable bonds is 4. The van der Waals surface area contributed by atoms with E-state index >= 15 is 0 Å². The van der Waals surface area contributed by atoms with E-state index in [1.807, 2.05) is 24.3 Å². The Morgan fingerprint density at radius 1 is 1.37 bits per heavy atom. The number of nitrogen functional groups attached to an aromatic ring is 1. The highest BCUT2D eigenvalue weighted by Gasteiger charge is 2.43. The zero-order valence-corrected chi connectivity index (χ0v) is 10.6. The second-order valence-electron chi connectivity index (χ2n) is 5.18. The van der Waals surface area contributed by atoms with Crippen LogP contribution in [0.3, 0.4) is 0 Å². The molecule has 3 rings (SSSR count). The lowest BCUT2D eigenvalue weighted by atomic mass is 10.1. The van der Waals surface area contributed by atoms with E-state index in [2.05, 4.69) is 11.1 Å². The minimum absolute atomic E-state index is 0.0741. The number of nitrogens with two attached hydrogens (primary N) is 1. The van der Waals surface area contributed by atoms with Gasteiger partial charge in [-0.15, -0.1) is 0 Å². The van der Waals surface area contributed by atoms with Gasteiger partial charge in [-0.25, -0.2) is 0 Å². The summed E-state index contributed by atoms with van der Waals surface area (Å²) < 4.78 is 5.91. The molecule has 0 atom stereocenters. The van der Waals surface area contributed by atoms with Gasteiger partial charge in [0, 0.05) is 23.4 Å². The maximum atomic E-state index is 8.82. The van der Waals surface area contributed by atoms with Crippen LogP contribution >= 0.6 is 0 Å². The number of fused-ring (bicyclic) bond motifs is 1. The first kappa shape index (κ1) is 11.8. The largest absolute Gasteiger partial charge is 0.492 e. The van der Waals surface area contributed by atoms with Crippen molar-refractivity contribution in [3.63, 3.8) is 0 Å². The molecule has 1 aromatic heterocycles. The fourth-order valence-corrected chi connectivity index (χ4v) is 2.24. The van der Waals surface area contributed by atoms with Crippen molar-refractivity contribution in [1.29, 1.82) is 5.26 Å². The van der Waals surface area contributed by atoms with Gasteiger partial charge in [0.05, 0.1) is 23.9 Å². The van der Waals surface area contributed by atoms with Gasteiger partial charge in [-0.05, 0) is 37.1 Å². The van der Waals surface area contributed by atoms with Crippen LogP contribution in [-0.2, 0) is 0 Å². The Labute approximate surface area is 111 Å². The SMILES string of the molecule is N#CCC1(COc2ccc(N)c3ncccc23)CC1. The summed E-state index contributed by atoms with van der Waals surface area (Å²) in [7, 11) is 0. The van der Waals surface area contributed by atoms with Crippen LogP contribution < -0.4 is 10.5 Å². The summed E-state index contributed by atoms with van der Waals surface area (Å²) in [4.78, 5) is 4.28. The topological polar surface area (TPSA) is 71.9 Å². The number of nitrogens with zero attached hydrogens (tertiary/aromatic N) is 2. The third-order valence-electron chi connectivity index (χ3n) is 3.71. The molecule has 4 heteroatoms. The minimum Gasteiger partial charge on any atom is -0.492 e. The monoisotopic (exact) mass is 253 g/mol. The average molecular weight is 253 g/mol. The minimum atomic E-state index is 0.0741. The molecular weight excluding hydrogens is 238 g/mol. The molecule has 2 aromatic rings. The van der Waals surface area contributed by atoms with Crippen molar-refractivity contribution in [2.45, 2.75) is 19.3 Å². The van der Waals surface area contributed by atoms with Crippen LogP contribution in [0.2, 0.25) is 0 Å². The zero-order valence-electron chi connectivity index (χ0n) is 10.6. The molecule has 0 amide bonds. The molecule has 1 aliphatic carbocycles. The first-order valence-electron chi connectivity index (χ1n) is 6.37. The maximum absolute atomic E-state index is 8.82. The van der Waals surface area contributed by atoms with Crippen molar-refractivity contribution in [3.05, 3.63) is 30.5 Å². The van der Waals surface area contributed by atoms with E-state index in [0.717, 1.165) is 29.5 Å². The molecule has 96 valence electrons. The van der Waals surface area contributed by atoms with E-state index in [9.17, 15) is 0 Å². The smallest absolute Gasteiger partial charge is 0.128 e. The summed E-state index contributed by atoms with van der Waals surface area (Å²) in [6.07, 6.45) is 4.44. The highest BCUT2D eigenvalue weighted by molar-refractivity contribution is 5.93. The lowest BCUT2D eigenvalue weighted by Crippen LogP contribution is -2.12. The lowest BCUT2D eigenvalue weighted by molar-refractivity contribution is 0.239. The predicted molar refractivity (Wildman–Crippen MR) is 73.5 cm³/mol. The molecule has 1 aromatic carbocycles. The van der Waals surface area contributed by atoms with Gasteiger partial charge in [0.1, 0.15) is 5.75 Å². The summed E-state index contributed by atoms with van der Waals surface area (Å²) in [5, 5.41) is 9.74. The number of hydrogen-bond donors (Lipinski definition) is 1. The third-order valence-corrected chi connectivity index (χ3v) is 3.71. The maximum Gasteiger partial charge on any atom is 0.128 e. The Balaban J connectivity index is 1.86. The number of hydrogen-bond acceptors (Lipinski definition) is 4. The van der Waals surface area contributed by atoms with Crippen LogP contribution in [0.4, 0.5) is 5.69 Å². The number of anilines is 1. The molecule has 0 unspecified atom stereocenters. The van der Waals surface area contributed by atoms with E-state index in [-0.39, 0.29) is 5.41 Å². The van der Waals surface area contributed by atoms with Crippen molar-refractivity contribution < 1.29 is 4.74 Å². The highest BCUT2D eigenvalue weighted by atomic mass is 16.5. The number of pyridine rings is 1. The van der Waals surface area contributed by atoms with Gasteiger partial charge in [-0.3, -0.25) is 4.98 Å². The average Bonchev–Trinajstić information content (AvgIpc) is 3.19. The van der Waals surface area contributed by atoms with Crippen LogP contribution in [0.15, 0.2) is 30.5 Å². The van der Waals surface area contributed by atoms with Crippen LogP contribution in [-0.4, -0.2) is 11.6 Å². The van der Waals surface area contributed by atoms with E-state index in [1.165, 1.54) is 0 Å². The standard InChI is InChI=1S/C15H15N3O/c16-8-7-15(5-6-15)10-19-13-4-3-12(17)14-11(13)2-1-9-18-14/h1-4,9H,5-7,10,17H2. The third kappa shape index (κ3) is 2.19. The van der Waals surface area contributed by atoms with Gasteiger partial charge in [0.25, 0.3) is 0 Å². The van der Waals surface area contributed by atoms with Crippen molar-refractivity contribution in [2.75, 3.05) is 12.3 Å². The van der Waals surface area contributed by atoms with E-state index in [4.69, 9.17) is 15.7 Å². The molecule has 0 radical (unpaired) electrons. The zero-order chi connectivity index (χ0) is 13.3. The Bertz CT molecular complexity index is 656. The van der Waals surface area contributed by atoms with E-state index < -0.39 is 0 Å². The molecule has 0 aliphatic heterocycles. The second-order valence-corrected chi connectivity index (χ2v) is 5.18. The van der Waals surface area contributed by atoms with Gasteiger partial charge >= 0.3 is 0 Å². The summed E-state index contributed by atoms with van der Waals surface area (Å²) in [6, 6.07) is 9.76. The molecule has 4 nitrogen and oxygen atoms in total. The highest BCUT2D eigenvalue weighted by Crippen LogP contribution is 2.49. The van der Waals surface area contributed by atoms with Crippen molar-refractivity contribution in [3.8, 4) is 11.8 Å². The van der Waals surface area contributed by atoms with Crippen LogP contribution in [0, 0.1) is 16.7 Å². The number of ether oxygens (including phenoxy) is 1. The fourth-order valence-electron chi connectivity index (χ4n) is 2.24. The summed E-state index contributed by atoms with van der Waals surface area (Å²) in [5.74, 6) is 0.793. The van der Waals surface area contributed by atoms with Gasteiger partial charge in [0.15, 0.2) is 0 Å². The molecule has 19 heavy (non-hydrogen) atoms. The molecule has 1 heterocycles. The molecule has 2 N–H and O–H groups in total. The van der Waals surface area contributed by atoms with Crippen LogP contribution in [0.1, 0.15) is 19.3 Å². The Hall–Kier alpha value is -2.28. The summed E-state index contributed by atoms with van der Waals surface area (Å²) in [5.41, 5.74) is 7.40. The fraction of sp³-hybridized carbons (Fsp3) is 0.333. The number of aromatic nitrogens is 1. The molecule has 1 aliphatic rings. The summed E-state index contributed by atoms with van der Waals surface area (Å²) in [6.45, 7) is 0.592. The van der Waals surface area contributed by atoms with Crippen molar-refractivity contribution in [2.24, 2.45) is 5.41 Å². The Morgan fingerprint density at radius 3 is 2.95 bits per heavy atom. The van der Waals surface area contributed by atoms with E-state index in [0.29, 0.717) is 18.7 Å². The molecule has 1 fully saturated rings. The summed E-state index contributed by atoms with van der Waals surface area (Å²) >= 11 is 0. The van der Waals surface area contributed by atoms with E-state index in [1.54, 1.807) is 6.20 Å². The first-order valence-corrected chi connectivity index (χ1v) is 6.37.